The second kappa shape index (κ2) is 5.25. The van der Waals surface area contributed by atoms with Crippen LogP contribution in [0.1, 0.15) is 18.4 Å². The average molecular weight is 228 g/mol. The van der Waals surface area contributed by atoms with Crippen molar-refractivity contribution in [3.05, 3.63) is 29.8 Å². The first-order valence-electron chi connectivity index (χ1n) is 5.39. The zero-order valence-corrected chi connectivity index (χ0v) is 8.86. The normalized spacial score (nSPS) is 15.4. The minimum absolute atomic E-state index is 0.207. The predicted molar refractivity (Wildman–Crippen MR) is 55.8 cm³/mol. The van der Waals surface area contributed by atoms with Gasteiger partial charge in [-0.05, 0) is 37.0 Å². The minimum atomic E-state index is -2.77. The maximum atomic E-state index is 12.0. The highest BCUT2D eigenvalue weighted by molar-refractivity contribution is 5.28. The lowest BCUT2D eigenvalue weighted by atomic mass is 10.1. The maximum Gasteiger partial charge on any atom is 0.387 e. The molecule has 1 saturated carbocycles. The molecule has 2 nitrogen and oxygen atoms in total. The summed E-state index contributed by atoms with van der Waals surface area (Å²) in [6, 6.07) is 6.75. The molecule has 0 amide bonds. The Kier molecular flexibility index (Phi) is 3.72. The van der Waals surface area contributed by atoms with Crippen molar-refractivity contribution in [3.8, 4) is 5.75 Å². The summed E-state index contributed by atoms with van der Waals surface area (Å²) in [7, 11) is 0. The summed E-state index contributed by atoms with van der Waals surface area (Å²) in [5.74, 6) is 0.207. The lowest BCUT2D eigenvalue weighted by Crippen LogP contribution is -2.03. The minimum Gasteiger partial charge on any atom is -0.435 e. The van der Waals surface area contributed by atoms with Gasteiger partial charge in [0.2, 0.25) is 0 Å². The topological polar surface area (TPSA) is 18.5 Å². The van der Waals surface area contributed by atoms with Gasteiger partial charge in [-0.2, -0.15) is 8.78 Å². The molecule has 16 heavy (non-hydrogen) atoms. The lowest BCUT2D eigenvalue weighted by molar-refractivity contribution is -0.0498. The maximum absolute atomic E-state index is 12.0. The number of hydrogen-bond donors (Lipinski definition) is 0. The van der Waals surface area contributed by atoms with Gasteiger partial charge >= 0.3 is 6.61 Å². The van der Waals surface area contributed by atoms with Crippen molar-refractivity contribution in [2.24, 2.45) is 0 Å². The van der Waals surface area contributed by atoms with E-state index in [9.17, 15) is 8.78 Å². The van der Waals surface area contributed by atoms with E-state index in [1.54, 1.807) is 12.1 Å². The third kappa shape index (κ3) is 3.77. The Balaban J connectivity index is 1.82. The van der Waals surface area contributed by atoms with E-state index in [4.69, 9.17) is 4.74 Å². The van der Waals surface area contributed by atoms with Gasteiger partial charge in [-0.15, -0.1) is 0 Å². The lowest BCUT2D eigenvalue weighted by Gasteiger charge is -2.07. The summed E-state index contributed by atoms with van der Waals surface area (Å²) >= 11 is 0. The quantitative estimate of drug-likeness (QED) is 0.745. The predicted octanol–water partition coefficient (Wildman–Crippen LogP) is 3.01. The molecule has 0 aliphatic heterocycles. The Morgan fingerprint density at radius 2 is 2.12 bits per heavy atom. The van der Waals surface area contributed by atoms with Crippen molar-refractivity contribution in [2.75, 3.05) is 6.61 Å². The summed E-state index contributed by atoms with van der Waals surface area (Å²) in [6.07, 6.45) is 3.46. The van der Waals surface area contributed by atoms with Gasteiger partial charge in [-0.1, -0.05) is 12.1 Å². The Bertz CT molecular complexity index is 338. The number of rotatable bonds is 6. The van der Waals surface area contributed by atoms with Gasteiger partial charge in [-0.3, -0.25) is 0 Å². The molecule has 0 aromatic heterocycles. The number of alkyl halides is 2. The Labute approximate surface area is 93.2 Å². The molecule has 88 valence electrons. The van der Waals surface area contributed by atoms with Gasteiger partial charge in [0.25, 0.3) is 0 Å². The monoisotopic (exact) mass is 228 g/mol. The Hall–Kier alpha value is -1.16. The summed E-state index contributed by atoms with van der Waals surface area (Å²) in [6.45, 7) is -2.12. The van der Waals surface area contributed by atoms with E-state index in [1.165, 1.54) is 6.07 Å². The van der Waals surface area contributed by atoms with Crippen LogP contribution in [0.5, 0.6) is 5.75 Å². The Morgan fingerprint density at radius 3 is 2.81 bits per heavy atom. The molecule has 2 rings (SSSR count). The summed E-state index contributed by atoms with van der Waals surface area (Å²) in [4.78, 5) is 0. The van der Waals surface area contributed by atoms with Crippen LogP contribution in [0, 0.1) is 0 Å². The van der Waals surface area contributed by atoms with Crippen LogP contribution in [-0.4, -0.2) is 19.3 Å². The van der Waals surface area contributed by atoms with Gasteiger partial charge in [0.15, 0.2) is 0 Å². The molecular weight excluding hydrogens is 214 g/mol. The van der Waals surface area contributed by atoms with E-state index in [0.29, 0.717) is 12.7 Å². The van der Waals surface area contributed by atoms with Crippen LogP contribution in [0.3, 0.4) is 0 Å². The molecule has 0 heterocycles. The number of benzene rings is 1. The van der Waals surface area contributed by atoms with Gasteiger partial charge in [-0.25, -0.2) is 0 Å². The van der Waals surface area contributed by atoms with Crippen LogP contribution in [0.25, 0.3) is 0 Å². The van der Waals surface area contributed by atoms with Gasteiger partial charge in [0.05, 0.1) is 12.7 Å². The van der Waals surface area contributed by atoms with Crippen LogP contribution >= 0.6 is 0 Å². The van der Waals surface area contributed by atoms with Crippen LogP contribution in [0.2, 0.25) is 0 Å². The van der Waals surface area contributed by atoms with E-state index in [-0.39, 0.29) is 5.75 Å². The van der Waals surface area contributed by atoms with E-state index in [0.717, 1.165) is 24.8 Å². The molecule has 0 spiro atoms. The molecule has 0 radical (unpaired) electrons. The first kappa shape index (κ1) is 11.3. The molecule has 0 N–H and O–H groups in total. The standard InChI is InChI=1S/C12H14F2O2/c13-12(14)16-11-3-1-2-9(8-11)6-7-15-10-4-5-10/h1-3,8,10,12H,4-7H2. The van der Waals surface area contributed by atoms with Gasteiger partial charge < -0.3 is 9.47 Å². The number of ether oxygens (including phenoxy) is 2. The third-order valence-corrected chi connectivity index (χ3v) is 2.39. The van der Waals surface area contributed by atoms with Crippen molar-refractivity contribution in [1.29, 1.82) is 0 Å². The van der Waals surface area contributed by atoms with Crippen LogP contribution in [0.15, 0.2) is 24.3 Å². The molecule has 0 atom stereocenters. The van der Waals surface area contributed by atoms with Crippen molar-refractivity contribution in [1.82, 2.24) is 0 Å². The van der Waals surface area contributed by atoms with Crippen molar-refractivity contribution < 1.29 is 18.3 Å². The molecule has 1 fully saturated rings. The largest absolute Gasteiger partial charge is 0.435 e. The fourth-order valence-corrected chi connectivity index (χ4v) is 1.46. The van der Waals surface area contributed by atoms with Crippen molar-refractivity contribution in [3.63, 3.8) is 0 Å². The molecule has 0 saturated heterocycles. The highest BCUT2D eigenvalue weighted by atomic mass is 19.3. The SMILES string of the molecule is FC(F)Oc1cccc(CCOC2CC2)c1. The van der Waals surface area contributed by atoms with Gasteiger partial charge in [0.1, 0.15) is 5.75 Å². The molecule has 0 bridgehead atoms. The second-order valence-corrected chi connectivity index (χ2v) is 3.85. The number of hydrogen-bond acceptors (Lipinski definition) is 2. The summed E-state index contributed by atoms with van der Waals surface area (Å²) < 4.78 is 33.8. The average Bonchev–Trinajstić information content (AvgIpc) is 3.01. The molecule has 1 aromatic carbocycles. The second-order valence-electron chi connectivity index (χ2n) is 3.85. The fourth-order valence-electron chi connectivity index (χ4n) is 1.46. The third-order valence-electron chi connectivity index (χ3n) is 2.39. The molecule has 1 aromatic rings. The van der Waals surface area contributed by atoms with Crippen molar-refractivity contribution in [2.45, 2.75) is 32.0 Å². The smallest absolute Gasteiger partial charge is 0.387 e. The van der Waals surface area contributed by atoms with E-state index < -0.39 is 6.61 Å². The first-order chi connectivity index (χ1) is 7.74. The van der Waals surface area contributed by atoms with Crippen LogP contribution < -0.4 is 4.74 Å². The highest BCUT2D eigenvalue weighted by Gasteiger charge is 2.21. The van der Waals surface area contributed by atoms with Crippen LogP contribution in [-0.2, 0) is 11.2 Å². The number of halogens is 2. The molecule has 1 aliphatic carbocycles. The van der Waals surface area contributed by atoms with Crippen molar-refractivity contribution >= 4 is 0 Å². The van der Waals surface area contributed by atoms with E-state index in [1.807, 2.05) is 6.07 Å². The van der Waals surface area contributed by atoms with Gasteiger partial charge in [0, 0.05) is 0 Å². The Morgan fingerprint density at radius 1 is 1.31 bits per heavy atom. The van der Waals surface area contributed by atoms with E-state index >= 15 is 0 Å². The molecule has 1 aliphatic rings. The molecular formula is C12H14F2O2. The summed E-state index contributed by atoms with van der Waals surface area (Å²) in [5.41, 5.74) is 0.957. The van der Waals surface area contributed by atoms with E-state index in [2.05, 4.69) is 4.74 Å². The van der Waals surface area contributed by atoms with Crippen LogP contribution in [0.4, 0.5) is 8.78 Å². The highest BCUT2D eigenvalue weighted by Crippen LogP contribution is 2.23. The first-order valence-corrected chi connectivity index (χ1v) is 5.39. The molecule has 4 heteroatoms. The summed E-state index contributed by atoms with van der Waals surface area (Å²) in [5, 5.41) is 0. The zero-order valence-electron chi connectivity index (χ0n) is 8.86. The molecule has 0 unspecified atom stereocenters. The zero-order chi connectivity index (χ0) is 11.4. The fraction of sp³-hybridized carbons (Fsp3) is 0.500.